The molecule has 2 saturated heterocycles. The van der Waals surface area contributed by atoms with Gasteiger partial charge in [-0.1, -0.05) is 12.1 Å². The zero-order valence-electron chi connectivity index (χ0n) is 19.4. The molecule has 2 aromatic rings. The largest absolute Gasteiger partial charge is 0.627 e. The van der Waals surface area contributed by atoms with Gasteiger partial charge < -0.3 is 19.9 Å². The van der Waals surface area contributed by atoms with E-state index in [4.69, 9.17) is 19.3 Å². The van der Waals surface area contributed by atoms with Crippen LogP contribution in [0.15, 0.2) is 47.4 Å². The molecule has 2 heterocycles. The topological polar surface area (TPSA) is 127 Å². The quantitative estimate of drug-likeness (QED) is 0.185. The normalized spacial score (nSPS) is 19.6. The fourth-order valence-corrected chi connectivity index (χ4v) is 4.43. The number of quaternary nitrogens is 1. The maximum Gasteiger partial charge on any atom is 0.414 e. The van der Waals surface area contributed by atoms with Crippen LogP contribution in [-0.2, 0) is 18.9 Å². The average Bonchev–Trinajstić information content (AvgIpc) is 3.24. The molecule has 0 aromatic heterocycles. The van der Waals surface area contributed by atoms with Crippen molar-refractivity contribution in [3.63, 3.8) is 0 Å². The lowest BCUT2D eigenvalue weighted by molar-refractivity contribution is -0.364. The molecule has 0 radical (unpaired) electrons. The zero-order chi connectivity index (χ0) is 25.7. The standard InChI is InChI=1S/C23H24FN5O6S/c1-16(30)26-14-19-15-28(23(31)33-19)18-6-7-21(20(24)12-18)29(32)10-8-27(9-11-29)34-35-36-22-5-3-2-4-17(22)13-25/h2-7,12,19H,8-11,14-15H2,1H3,(H,26,30)/t19-/m0/s1. The predicted octanol–water partition coefficient (Wildman–Crippen LogP) is 2.85. The molecule has 0 saturated carbocycles. The van der Waals surface area contributed by atoms with Crippen molar-refractivity contribution in [2.75, 3.05) is 44.2 Å². The lowest BCUT2D eigenvalue weighted by Crippen LogP contribution is -2.57. The van der Waals surface area contributed by atoms with Crippen molar-refractivity contribution in [1.29, 1.82) is 5.26 Å². The number of nitriles is 1. The highest BCUT2D eigenvalue weighted by atomic mass is 32.2. The van der Waals surface area contributed by atoms with E-state index in [1.165, 1.54) is 29.0 Å². The molecular weight excluding hydrogens is 493 g/mol. The van der Waals surface area contributed by atoms with Gasteiger partial charge in [-0.25, -0.2) is 9.18 Å². The second-order valence-electron chi connectivity index (χ2n) is 8.29. The maximum atomic E-state index is 15.0. The van der Waals surface area contributed by atoms with Crippen LogP contribution in [0.2, 0.25) is 0 Å². The molecule has 0 aliphatic carbocycles. The number of piperazine rings is 1. The first-order valence-electron chi connectivity index (χ1n) is 11.2. The molecule has 11 nitrogen and oxygen atoms in total. The average molecular weight is 518 g/mol. The van der Waals surface area contributed by atoms with Crippen LogP contribution in [0.5, 0.6) is 0 Å². The van der Waals surface area contributed by atoms with E-state index in [-0.39, 0.29) is 56.6 Å². The Labute approximate surface area is 211 Å². The lowest BCUT2D eigenvalue weighted by atomic mass is 10.2. The Morgan fingerprint density at radius 1 is 1.33 bits per heavy atom. The van der Waals surface area contributed by atoms with Gasteiger partial charge in [0.05, 0.1) is 67.5 Å². The van der Waals surface area contributed by atoms with Crippen molar-refractivity contribution in [2.45, 2.75) is 17.9 Å². The van der Waals surface area contributed by atoms with Crippen molar-refractivity contribution in [3.8, 4) is 6.07 Å². The highest BCUT2D eigenvalue weighted by molar-refractivity contribution is 7.94. The fourth-order valence-electron chi connectivity index (χ4n) is 3.90. The third-order valence-electron chi connectivity index (χ3n) is 5.82. The molecule has 2 amide bonds. The number of cyclic esters (lactones) is 1. The van der Waals surface area contributed by atoms with E-state index in [1.807, 2.05) is 0 Å². The molecule has 2 aliphatic rings. The van der Waals surface area contributed by atoms with E-state index < -0.39 is 22.7 Å². The predicted molar refractivity (Wildman–Crippen MR) is 128 cm³/mol. The Kier molecular flexibility index (Phi) is 8.04. The molecular formula is C23H24FN5O6S. The van der Waals surface area contributed by atoms with Gasteiger partial charge in [0, 0.05) is 19.1 Å². The fraction of sp³-hybridized carbons (Fsp3) is 0.348. The van der Waals surface area contributed by atoms with Crippen molar-refractivity contribution >= 4 is 35.4 Å². The molecule has 2 aromatic carbocycles. The second kappa shape index (κ2) is 11.2. The van der Waals surface area contributed by atoms with Crippen LogP contribution >= 0.6 is 12.0 Å². The molecule has 36 heavy (non-hydrogen) atoms. The Balaban J connectivity index is 1.32. The number of hydrogen-bond donors (Lipinski definition) is 1. The number of nitrogens with zero attached hydrogens (tertiary/aromatic N) is 4. The first-order chi connectivity index (χ1) is 17.3. The van der Waals surface area contributed by atoms with Gasteiger partial charge in [0.15, 0.2) is 11.5 Å². The van der Waals surface area contributed by atoms with E-state index in [0.717, 1.165) is 18.1 Å². The van der Waals surface area contributed by atoms with Gasteiger partial charge in [-0.3, -0.25) is 9.69 Å². The van der Waals surface area contributed by atoms with Crippen molar-refractivity contribution in [2.24, 2.45) is 0 Å². The number of ether oxygens (including phenoxy) is 1. The minimum atomic E-state index is -0.897. The third-order valence-corrected chi connectivity index (χ3v) is 6.49. The van der Waals surface area contributed by atoms with E-state index in [9.17, 15) is 14.8 Å². The molecule has 1 atom stereocenters. The smallest absolute Gasteiger partial charge is 0.414 e. The first kappa shape index (κ1) is 25.8. The van der Waals surface area contributed by atoms with E-state index in [0.29, 0.717) is 10.5 Å². The first-order valence-corrected chi connectivity index (χ1v) is 11.9. The molecule has 4 rings (SSSR count). The van der Waals surface area contributed by atoms with Crippen LogP contribution in [0, 0.1) is 22.4 Å². The molecule has 2 fully saturated rings. The van der Waals surface area contributed by atoms with Crippen LogP contribution in [-0.4, -0.2) is 62.4 Å². The van der Waals surface area contributed by atoms with Crippen LogP contribution in [0.4, 0.5) is 20.6 Å². The van der Waals surface area contributed by atoms with Crippen LogP contribution in [0.3, 0.4) is 0 Å². The SMILES string of the molecule is CC(=O)NC[C@H]1CN(c2ccc([N+]3([O-])CCN(OOSc4ccccc4C#N)CC3)c(F)c2)C(=O)O1. The monoisotopic (exact) mass is 517 g/mol. The van der Waals surface area contributed by atoms with Crippen molar-refractivity contribution in [3.05, 3.63) is 59.1 Å². The number of hydrogen-bond acceptors (Lipinski definition) is 9. The summed E-state index contributed by atoms with van der Waals surface area (Å²) in [5.41, 5.74) is 0.673. The maximum absolute atomic E-state index is 15.0. The van der Waals surface area contributed by atoms with Gasteiger partial charge in [-0.2, -0.15) is 5.26 Å². The van der Waals surface area contributed by atoms with Gasteiger partial charge in [0.25, 0.3) is 0 Å². The van der Waals surface area contributed by atoms with Gasteiger partial charge in [0.1, 0.15) is 12.2 Å². The van der Waals surface area contributed by atoms with Gasteiger partial charge in [-0.15, -0.1) is 14.4 Å². The Morgan fingerprint density at radius 2 is 2.08 bits per heavy atom. The summed E-state index contributed by atoms with van der Waals surface area (Å²) in [6, 6.07) is 13.0. The van der Waals surface area contributed by atoms with Crippen molar-refractivity contribution < 1.29 is 28.0 Å². The van der Waals surface area contributed by atoms with E-state index in [2.05, 4.69) is 11.4 Å². The molecule has 190 valence electrons. The van der Waals surface area contributed by atoms with Crippen LogP contribution < -0.4 is 14.9 Å². The number of nitrogens with one attached hydrogen (secondary N) is 1. The summed E-state index contributed by atoms with van der Waals surface area (Å²) in [5.74, 6) is -0.973. The second-order valence-corrected chi connectivity index (χ2v) is 9.03. The number of carbonyl (C=O) groups excluding carboxylic acids is 2. The highest BCUT2D eigenvalue weighted by Gasteiger charge is 2.35. The minimum absolute atomic E-state index is 0.0175. The number of halogens is 1. The van der Waals surface area contributed by atoms with Gasteiger partial charge >= 0.3 is 6.09 Å². The van der Waals surface area contributed by atoms with Gasteiger partial charge in [-0.05, 0) is 18.2 Å². The van der Waals surface area contributed by atoms with Crippen LogP contribution in [0.1, 0.15) is 12.5 Å². The Bertz CT molecular complexity index is 1170. The number of rotatable bonds is 8. The molecule has 0 bridgehead atoms. The molecule has 0 spiro atoms. The summed E-state index contributed by atoms with van der Waals surface area (Å²) in [6.07, 6.45) is -1.20. The molecule has 0 unspecified atom stereocenters. The Morgan fingerprint density at radius 3 is 2.78 bits per heavy atom. The number of carbonyl (C=O) groups is 2. The minimum Gasteiger partial charge on any atom is -0.627 e. The van der Waals surface area contributed by atoms with Crippen LogP contribution in [0.25, 0.3) is 0 Å². The highest BCUT2D eigenvalue weighted by Crippen LogP contribution is 2.32. The van der Waals surface area contributed by atoms with Crippen molar-refractivity contribution in [1.82, 2.24) is 15.0 Å². The lowest BCUT2D eigenvalue weighted by Gasteiger charge is -2.46. The molecule has 2 aliphatic heterocycles. The summed E-state index contributed by atoms with van der Waals surface area (Å²) in [7, 11) is 0. The summed E-state index contributed by atoms with van der Waals surface area (Å²) in [5, 5.41) is 26.5. The summed E-state index contributed by atoms with van der Waals surface area (Å²) >= 11 is 0.890. The number of benzene rings is 2. The number of anilines is 1. The number of hydroxylamine groups is 4. The van der Waals surface area contributed by atoms with Gasteiger partial charge in [0.2, 0.25) is 5.91 Å². The summed E-state index contributed by atoms with van der Waals surface area (Å²) in [6.45, 7) is 2.08. The molecule has 13 heteroatoms. The Hall–Kier alpha value is -3.25. The third kappa shape index (κ3) is 5.93. The zero-order valence-corrected chi connectivity index (χ0v) is 20.2. The van der Waals surface area contributed by atoms with E-state index in [1.54, 1.807) is 24.3 Å². The summed E-state index contributed by atoms with van der Waals surface area (Å²) in [4.78, 5) is 30.4. The molecule has 1 N–H and O–H groups in total. The number of amides is 2. The van der Waals surface area contributed by atoms with E-state index >= 15 is 4.39 Å². The summed E-state index contributed by atoms with van der Waals surface area (Å²) < 4.78 is 24.5.